The van der Waals surface area contributed by atoms with Crippen molar-refractivity contribution >= 4 is 43.8 Å². The third-order valence-electron chi connectivity index (χ3n) is 1.22. The molecule has 0 saturated heterocycles. The van der Waals surface area contributed by atoms with E-state index in [0.29, 0.717) is 23.9 Å². The van der Waals surface area contributed by atoms with Gasteiger partial charge in [-0.2, -0.15) is 0 Å². The van der Waals surface area contributed by atoms with Crippen molar-refractivity contribution in [1.82, 2.24) is 0 Å². The monoisotopic (exact) mass is 354 g/mol. The number of carbonyl (C=O) groups excluding carboxylic acids is 2. The summed E-state index contributed by atoms with van der Waals surface area (Å²) in [5.74, 6) is -0.893. The normalized spacial score (nSPS) is 10.9. The third-order valence-corrected chi connectivity index (χ3v) is 1.87. The van der Waals surface area contributed by atoms with Gasteiger partial charge in [0.05, 0.1) is 0 Å². The smallest absolute Gasteiger partial charge is 0.330 e. The van der Waals surface area contributed by atoms with Crippen LogP contribution in [-0.4, -0.2) is 35.8 Å². The minimum absolute atomic E-state index is 0.320. The maximum atomic E-state index is 10.9. The summed E-state index contributed by atoms with van der Waals surface area (Å²) in [6.07, 6.45) is 5.31. The van der Waals surface area contributed by atoms with Gasteiger partial charge in [-0.05, 0) is 0 Å². The summed E-state index contributed by atoms with van der Waals surface area (Å²) in [7, 11) is 0. The van der Waals surface area contributed by atoms with Crippen LogP contribution in [0.3, 0.4) is 0 Å². The fourth-order valence-corrected chi connectivity index (χ4v) is 0.967. The second-order valence-corrected chi connectivity index (χ2v) is 4.02. The molecule has 4 nitrogen and oxygen atoms in total. The number of carbonyl (C=O) groups is 2. The van der Waals surface area contributed by atoms with E-state index in [0.717, 1.165) is 0 Å². The van der Waals surface area contributed by atoms with Crippen LogP contribution in [0.25, 0.3) is 0 Å². The molecule has 6 heteroatoms. The predicted octanol–water partition coefficient (Wildman–Crippen LogP) is 1.97. The van der Waals surface area contributed by atoms with E-state index in [1.165, 1.54) is 24.3 Å². The van der Waals surface area contributed by atoms with E-state index in [1.54, 1.807) is 0 Å². The minimum atomic E-state index is -0.446. The zero-order valence-corrected chi connectivity index (χ0v) is 11.7. The fourth-order valence-electron chi connectivity index (χ4n) is 0.643. The van der Waals surface area contributed by atoms with Crippen LogP contribution in [0.2, 0.25) is 0 Å². The summed E-state index contributed by atoms with van der Waals surface area (Å²) in [5.41, 5.74) is 0. The predicted molar refractivity (Wildman–Crippen MR) is 67.8 cm³/mol. The maximum Gasteiger partial charge on any atom is 0.330 e. The lowest BCUT2D eigenvalue weighted by Crippen LogP contribution is -2.03. The highest BCUT2D eigenvalue weighted by Crippen LogP contribution is 1.88. The van der Waals surface area contributed by atoms with E-state index in [1.807, 2.05) is 0 Å². The molecular weight excluding hydrogens is 344 g/mol. The number of allylic oxidation sites excluding steroid dienone is 2. The van der Waals surface area contributed by atoms with E-state index >= 15 is 0 Å². The Morgan fingerprint density at radius 1 is 0.875 bits per heavy atom. The molecule has 90 valence electrons. The van der Waals surface area contributed by atoms with Crippen LogP contribution in [0.15, 0.2) is 24.3 Å². The lowest BCUT2D eigenvalue weighted by Gasteiger charge is -1.96. The molecule has 0 spiro atoms. The number of rotatable bonds is 7. The van der Waals surface area contributed by atoms with Gasteiger partial charge in [-0.3, -0.25) is 0 Å². The Kier molecular flexibility index (Phi) is 10.5. The standard InChI is InChI=1S/C10H12Br2O4/c11-5-7-15-9(13)3-1-2-4-10(14)16-8-6-12/h1-4H,5-8H2/b3-1-,4-2-. The highest BCUT2D eigenvalue weighted by atomic mass is 79.9. The number of hydrogen-bond acceptors (Lipinski definition) is 4. The average molecular weight is 356 g/mol. The molecule has 0 aromatic carbocycles. The van der Waals surface area contributed by atoms with Gasteiger partial charge in [0.25, 0.3) is 0 Å². The Morgan fingerprint density at radius 2 is 1.25 bits per heavy atom. The molecule has 0 heterocycles. The largest absolute Gasteiger partial charge is 0.462 e. The van der Waals surface area contributed by atoms with Crippen LogP contribution in [0.1, 0.15) is 0 Å². The van der Waals surface area contributed by atoms with Gasteiger partial charge < -0.3 is 9.47 Å². The van der Waals surface area contributed by atoms with Gasteiger partial charge in [0.15, 0.2) is 0 Å². The summed E-state index contributed by atoms with van der Waals surface area (Å²) < 4.78 is 9.47. The van der Waals surface area contributed by atoms with Gasteiger partial charge in [0.1, 0.15) is 13.2 Å². The Hall–Kier alpha value is -0.620. The van der Waals surface area contributed by atoms with Crippen molar-refractivity contribution in [1.29, 1.82) is 0 Å². The van der Waals surface area contributed by atoms with Gasteiger partial charge in [-0.1, -0.05) is 44.0 Å². The molecule has 0 unspecified atom stereocenters. The second-order valence-electron chi connectivity index (χ2n) is 2.43. The van der Waals surface area contributed by atoms with Crippen LogP contribution in [0.5, 0.6) is 0 Å². The molecule has 0 radical (unpaired) electrons. The lowest BCUT2D eigenvalue weighted by molar-refractivity contribution is -0.138. The van der Waals surface area contributed by atoms with Crippen LogP contribution < -0.4 is 0 Å². The number of halogens is 2. The van der Waals surface area contributed by atoms with Crippen molar-refractivity contribution in [3.63, 3.8) is 0 Å². The SMILES string of the molecule is O=C(/C=C\C=C/C(=O)OCCBr)OCCBr. The molecule has 0 atom stereocenters. The van der Waals surface area contributed by atoms with Crippen molar-refractivity contribution in [2.45, 2.75) is 0 Å². The van der Waals surface area contributed by atoms with Crippen LogP contribution in [0, 0.1) is 0 Å². The van der Waals surface area contributed by atoms with Gasteiger partial charge in [0.2, 0.25) is 0 Å². The summed E-state index contributed by atoms with van der Waals surface area (Å²) in [4.78, 5) is 21.9. The average Bonchev–Trinajstić information content (AvgIpc) is 2.29. The Balaban J connectivity index is 3.76. The first-order chi connectivity index (χ1) is 7.70. The Bertz CT molecular complexity index is 246. The van der Waals surface area contributed by atoms with Gasteiger partial charge >= 0.3 is 11.9 Å². The minimum Gasteiger partial charge on any atom is -0.462 e. The van der Waals surface area contributed by atoms with Gasteiger partial charge in [-0.15, -0.1) is 0 Å². The van der Waals surface area contributed by atoms with E-state index in [-0.39, 0.29) is 0 Å². The molecule has 0 aliphatic rings. The Morgan fingerprint density at radius 3 is 1.56 bits per heavy atom. The molecule has 0 amide bonds. The first-order valence-corrected chi connectivity index (χ1v) is 6.75. The van der Waals surface area contributed by atoms with Crippen molar-refractivity contribution in [2.24, 2.45) is 0 Å². The van der Waals surface area contributed by atoms with Crippen LogP contribution >= 0.6 is 31.9 Å². The highest BCUT2D eigenvalue weighted by Gasteiger charge is 1.95. The third kappa shape index (κ3) is 9.92. The number of ether oxygens (including phenoxy) is 2. The molecule has 0 aliphatic carbocycles. The molecule has 0 N–H and O–H groups in total. The van der Waals surface area contributed by atoms with Gasteiger partial charge in [-0.25, -0.2) is 9.59 Å². The number of hydrogen-bond donors (Lipinski definition) is 0. The molecule has 0 saturated carbocycles. The second kappa shape index (κ2) is 10.9. The van der Waals surface area contributed by atoms with Crippen molar-refractivity contribution in [3.05, 3.63) is 24.3 Å². The fraction of sp³-hybridized carbons (Fsp3) is 0.400. The molecule has 0 bridgehead atoms. The van der Waals surface area contributed by atoms with Crippen molar-refractivity contribution < 1.29 is 19.1 Å². The number of esters is 2. The molecule has 0 aliphatic heterocycles. The highest BCUT2D eigenvalue weighted by molar-refractivity contribution is 9.09. The van der Waals surface area contributed by atoms with E-state index in [9.17, 15) is 9.59 Å². The summed E-state index contributed by atoms with van der Waals surface area (Å²) in [5, 5.41) is 1.20. The zero-order chi connectivity index (χ0) is 12.2. The molecule has 0 rings (SSSR count). The molecule has 0 aromatic heterocycles. The molecule has 16 heavy (non-hydrogen) atoms. The molecule has 0 fully saturated rings. The van der Waals surface area contributed by atoms with Gasteiger partial charge in [0, 0.05) is 22.8 Å². The van der Waals surface area contributed by atoms with E-state index < -0.39 is 11.9 Å². The summed E-state index contributed by atoms with van der Waals surface area (Å²) >= 11 is 6.24. The lowest BCUT2D eigenvalue weighted by atomic mass is 10.4. The summed E-state index contributed by atoms with van der Waals surface area (Å²) in [6.45, 7) is 0.639. The zero-order valence-electron chi connectivity index (χ0n) is 8.53. The van der Waals surface area contributed by atoms with E-state index in [2.05, 4.69) is 31.9 Å². The van der Waals surface area contributed by atoms with Crippen molar-refractivity contribution in [3.8, 4) is 0 Å². The first kappa shape index (κ1) is 15.4. The molecule has 0 aromatic rings. The Labute approximate surface area is 111 Å². The topological polar surface area (TPSA) is 52.6 Å². The maximum absolute atomic E-state index is 10.9. The van der Waals surface area contributed by atoms with Crippen LogP contribution in [-0.2, 0) is 19.1 Å². The first-order valence-electron chi connectivity index (χ1n) is 4.51. The number of alkyl halides is 2. The van der Waals surface area contributed by atoms with E-state index in [4.69, 9.17) is 9.47 Å². The quantitative estimate of drug-likeness (QED) is 0.303. The van der Waals surface area contributed by atoms with Crippen molar-refractivity contribution in [2.75, 3.05) is 23.9 Å². The molecular formula is C10H12Br2O4. The summed E-state index contributed by atoms with van der Waals surface area (Å²) in [6, 6.07) is 0. The van der Waals surface area contributed by atoms with Crippen LogP contribution in [0.4, 0.5) is 0 Å².